The Bertz CT molecular complexity index is 268. The lowest BCUT2D eigenvalue weighted by Gasteiger charge is -2.03. The highest BCUT2D eigenvalue weighted by atomic mass is 15.2. The van der Waals surface area contributed by atoms with Gasteiger partial charge < -0.3 is 5.32 Å². The van der Waals surface area contributed by atoms with Crippen LogP contribution < -0.4 is 5.32 Å². The molecule has 0 aliphatic rings. The molecule has 0 amide bonds. The zero-order chi connectivity index (χ0) is 11.6. The molecule has 0 spiro atoms. The Hall–Kier alpha value is -0.830. The molecule has 0 aliphatic heterocycles. The monoisotopic (exact) mass is 223 g/mol. The van der Waals surface area contributed by atoms with E-state index < -0.39 is 0 Å². The predicted octanol–water partition coefficient (Wildman–Crippen LogP) is 2.52. The molecule has 0 radical (unpaired) electrons. The molecule has 16 heavy (non-hydrogen) atoms. The summed E-state index contributed by atoms with van der Waals surface area (Å²) in [5.41, 5.74) is 1.32. The van der Waals surface area contributed by atoms with Gasteiger partial charge in [0.2, 0.25) is 0 Å². The van der Waals surface area contributed by atoms with Crippen molar-refractivity contribution in [1.29, 1.82) is 0 Å². The van der Waals surface area contributed by atoms with E-state index in [0.717, 1.165) is 19.5 Å². The summed E-state index contributed by atoms with van der Waals surface area (Å²) in [7, 11) is 1.96. The average molecular weight is 223 g/mol. The minimum atomic E-state index is 1.07. The highest BCUT2D eigenvalue weighted by Crippen LogP contribution is 2.01. The van der Waals surface area contributed by atoms with Gasteiger partial charge in [0.25, 0.3) is 0 Å². The Kier molecular flexibility index (Phi) is 6.90. The third-order valence-electron chi connectivity index (χ3n) is 2.81. The molecule has 1 aromatic heterocycles. The van der Waals surface area contributed by atoms with Gasteiger partial charge in [-0.1, -0.05) is 32.6 Å². The summed E-state index contributed by atoms with van der Waals surface area (Å²) in [5.74, 6) is 0. The van der Waals surface area contributed by atoms with Crippen LogP contribution in [0.15, 0.2) is 12.4 Å². The summed E-state index contributed by atoms with van der Waals surface area (Å²) in [6.45, 7) is 4.48. The van der Waals surface area contributed by atoms with Gasteiger partial charge in [-0.2, -0.15) is 5.10 Å². The first-order valence-corrected chi connectivity index (χ1v) is 6.51. The maximum absolute atomic E-state index is 4.15. The van der Waals surface area contributed by atoms with E-state index in [9.17, 15) is 0 Å². The van der Waals surface area contributed by atoms with Crippen LogP contribution in [0.3, 0.4) is 0 Å². The summed E-state index contributed by atoms with van der Waals surface area (Å²) < 4.78 is 1.86. The number of aromatic nitrogens is 2. The Morgan fingerprint density at radius 2 is 2.00 bits per heavy atom. The van der Waals surface area contributed by atoms with E-state index in [-0.39, 0.29) is 0 Å². The first-order valence-electron chi connectivity index (χ1n) is 6.51. The number of rotatable bonds is 9. The maximum atomic E-state index is 4.15. The quantitative estimate of drug-likeness (QED) is 0.652. The fourth-order valence-corrected chi connectivity index (χ4v) is 1.81. The molecule has 1 aromatic rings. The van der Waals surface area contributed by atoms with Crippen LogP contribution in [0.2, 0.25) is 0 Å². The average Bonchev–Trinajstić information content (AvgIpc) is 2.68. The van der Waals surface area contributed by atoms with E-state index in [1.807, 2.05) is 17.9 Å². The SMILES string of the molecule is CCCCCCCNCCc1cnn(C)c1. The maximum Gasteiger partial charge on any atom is 0.0522 e. The molecule has 0 fully saturated rings. The molecule has 92 valence electrons. The number of hydrogen-bond acceptors (Lipinski definition) is 2. The minimum Gasteiger partial charge on any atom is -0.316 e. The fraction of sp³-hybridized carbons (Fsp3) is 0.769. The molecule has 0 saturated carbocycles. The second-order valence-electron chi connectivity index (χ2n) is 4.44. The van der Waals surface area contributed by atoms with Gasteiger partial charge in [-0.05, 0) is 31.5 Å². The van der Waals surface area contributed by atoms with Gasteiger partial charge in [-0.25, -0.2) is 0 Å². The molecular weight excluding hydrogens is 198 g/mol. The van der Waals surface area contributed by atoms with Crippen molar-refractivity contribution >= 4 is 0 Å². The van der Waals surface area contributed by atoms with Crippen LogP contribution in [0.5, 0.6) is 0 Å². The Morgan fingerprint density at radius 3 is 2.69 bits per heavy atom. The van der Waals surface area contributed by atoms with E-state index >= 15 is 0 Å². The zero-order valence-electron chi connectivity index (χ0n) is 10.7. The van der Waals surface area contributed by atoms with Crippen molar-refractivity contribution < 1.29 is 0 Å². The number of hydrogen-bond donors (Lipinski definition) is 1. The molecule has 1 heterocycles. The van der Waals surface area contributed by atoms with Gasteiger partial charge in [0, 0.05) is 13.2 Å². The van der Waals surface area contributed by atoms with Gasteiger partial charge in [-0.15, -0.1) is 0 Å². The number of nitrogens with one attached hydrogen (secondary N) is 1. The van der Waals surface area contributed by atoms with Crippen molar-refractivity contribution in [3.8, 4) is 0 Å². The zero-order valence-corrected chi connectivity index (χ0v) is 10.7. The first-order chi connectivity index (χ1) is 7.83. The Morgan fingerprint density at radius 1 is 1.19 bits per heavy atom. The van der Waals surface area contributed by atoms with Crippen LogP contribution in [-0.4, -0.2) is 22.9 Å². The van der Waals surface area contributed by atoms with E-state index in [1.165, 1.54) is 37.7 Å². The van der Waals surface area contributed by atoms with Crippen LogP contribution in [0.4, 0.5) is 0 Å². The molecular formula is C13H25N3. The third-order valence-corrected chi connectivity index (χ3v) is 2.81. The first kappa shape index (κ1) is 13.2. The lowest BCUT2D eigenvalue weighted by Crippen LogP contribution is -2.18. The standard InChI is InChI=1S/C13H25N3/c1-3-4-5-6-7-9-14-10-8-13-11-15-16(2)12-13/h11-12,14H,3-10H2,1-2H3. The predicted molar refractivity (Wildman–Crippen MR) is 68.5 cm³/mol. The summed E-state index contributed by atoms with van der Waals surface area (Å²) in [6.07, 6.45) is 11.9. The summed E-state index contributed by atoms with van der Waals surface area (Å²) in [5, 5.41) is 7.64. The van der Waals surface area contributed by atoms with Crippen molar-refractivity contribution in [2.24, 2.45) is 7.05 Å². The molecule has 0 bridgehead atoms. The minimum absolute atomic E-state index is 1.07. The summed E-state index contributed by atoms with van der Waals surface area (Å²) >= 11 is 0. The lowest BCUT2D eigenvalue weighted by atomic mass is 10.1. The number of aryl methyl sites for hydroxylation is 1. The molecule has 0 aromatic carbocycles. The van der Waals surface area contributed by atoms with E-state index in [2.05, 4.69) is 23.5 Å². The van der Waals surface area contributed by atoms with Gasteiger partial charge in [-0.3, -0.25) is 4.68 Å². The van der Waals surface area contributed by atoms with Crippen molar-refractivity contribution in [1.82, 2.24) is 15.1 Å². The van der Waals surface area contributed by atoms with Crippen molar-refractivity contribution in [3.63, 3.8) is 0 Å². The normalized spacial score (nSPS) is 10.9. The summed E-state index contributed by atoms with van der Waals surface area (Å²) in [6, 6.07) is 0. The topological polar surface area (TPSA) is 29.9 Å². The number of unbranched alkanes of at least 4 members (excludes halogenated alkanes) is 4. The molecule has 0 atom stereocenters. The van der Waals surface area contributed by atoms with E-state index in [1.54, 1.807) is 0 Å². The lowest BCUT2D eigenvalue weighted by molar-refractivity contribution is 0.584. The van der Waals surface area contributed by atoms with E-state index in [4.69, 9.17) is 0 Å². The van der Waals surface area contributed by atoms with Crippen LogP contribution in [0.25, 0.3) is 0 Å². The molecule has 0 saturated heterocycles. The third kappa shape index (κ3) is 5.91. The molecule has 3 heteroatoms. The molecule has 3 nitrogen and oxygen atoms in total. The fourth-order valence-electron chi connectivity index (χ4n) is 1.81. The largest absolute Gasteiger partial charge is 0.316 e. The highest BCUT2D eigenvalue weighted by molar-refractivity contribution is 5.03. The number of nitrogens with zero attached hydrogens (tertiary/aromatic N) is 2. The van der Waals surface area contributed by atoms with Crippen molar-refractivity contribution in [3.05, 3.63) is 18.0 Å². The summed E-state index contributed by atoms with van der Waals surface area (Å²) in [4.78, 5) is 0. The highest BCUT2D eigenvalue weighted by Gasteiger charge is 1.95. The Balaban J connectivity index is 1.88. The van der Waals surface area contributed by atoms with Gasteiger partial charge in [0.1, 0.15) is 0 Å². The molecule has 0 unspecified atom stereocenters. The Labute approximate surface area is 99.2 Å². The van der Waals surface area contributed by atoms with Crippen LogP contribution in [-0.2, 0) is 13.5 Å². The second-order valence-corrected chi connectivity index (χ2v) is 4.44. The second kappa shape index (κ2) is 8.34. The molecule has 1 N–H and O–H groups in total. The van der Waals surface area contributed by atoms with Crippen molar-refractivity contribution in [2.45, 2.75) is 45.4 Å². The smallest absolute Gasteiger partial charge is 0.0522 e. The van der Waals surface area contributed by atoms with Gasteiger partial charge >= 0.3 is 0 Å². The van der Waals surface area contributed by atoms with Gasteiger partial charge in [0.05, 0.1) is 6.20 Å². The van der Waals surface area contributed by atoms with Crippen LogP contribution in [0.1, 0.15) is 44.6 Å². The molecule has 1 rings (SSSR count). The van der Waals surface area contributed by atoms with Crippen molar-refractivity contribution in [2.75, 3.05) is 13.1 Å². The molecule has 0 aliphatic carbocycles. The van der Waals surface area contributed by atoms with Crippen LogP contribution in [0, 0.1) is 0 Å². The van der Waals surface area contributed by atoms with Gasteiger partial charge in [0.15, 0.2) is 0 Å². The van der Waals surface area contributed by atoms with Crippen LogP contribution >= 0.6 is 0 Å². The van der Waals surface area contributed by atoms with E-state index in [0.29, 0.717) is 0 Å².